The summed E-state index contributed by atoms with van der Waals surface area (Å²) in [7, 11) is 0. The van der Waals surface area contributed by atoms with Gasteiger partial charge in [-0.15, -0.1) is 0 Å². The van der Waals surface area contributed by atoms with E-state index in [1.54, 1.807) is 0 Å². The van der Waals surface area contributed by atoms with Gasteiger partial charge in [0.15, 0.2) is 0 Å². The maximum Gasteiger partial charge on any atom is 0.251 e. The third-order valence-corrected chi connectivity index (χ3v) is 7.08. The topological polar surface area (TPSA) is 32.3 Å². The van der Waals surface area contributed by atoms with E-state index in [4.69, 9.17) is 0 Å². The first-order chi connectivity index (χ1) is 12.9. The minimum absolute atomic E-state index is 0.0565. The van der Waals surface area contributed by atoms with E-state index >= 15 is 0 Å². The number of rotatable bonds is 6. The summed E-state index contributed by atoms with van der Waals surface area (Å²) in [6.07, 6.45) is 5.89. The van der Waals surface area contributed by atoms with Gasteiger partial charge in [0.05, 0.1) is 0 Å². The molecule has 27 heavy (non-hydrogen) atoms. The Hall–Kier alpha value is -1.61. The van der Waals surface area contributed by atoms with Crippen LogP contribution in [0.25, 0.3) is 0 Å². The summed E-state index contributed by atoms with van der Waals surface area (Å²) in [6, 6.07) is 11.3. The SMILES string of the molecule is CC1=C(C)[C@H](N[C@@H]2CCC[C@H](C)[C@@H]2C)N([C@@H](C)CCc2ccccc2)C1=O. The minimum Gasteiger partial charge on any atom is -0.317 e. The van der Waals surface area contributed by atoms with Crippen molar-refractivity contribution in [1.82, 2.24) is 10.2 Å². The number of hydrogen-bond donors (Lipinski definition) is 1. The number of benzene rings is 1. The Labute approximate surface area is 165 Å². The summed E-state index contributed by atoms with van der Waals surface area (Å²) in [4.78, 5) is 15.1. The zero-order chi connectivity index (χ0) is 19.6. The average molecular weight is 369 g/mol. The molecule has 0 radical (unpaired) electrons. The first-order valence-electron chi connectivity index (χ1n) is 10.7. The monoisotopic (exact) mass is 368 g/mol. The molecule has 5 atom stereocenters. The van der Waals surface area contributed by atoms with E-state index in [0.29, 0.717) is 12.0 Å². The van der Waals surface area contributed by atoms with Gasteiger partial charge in [-0.2, -0.15) is 0 Å². The quantitative estimate of drug-likeness (QED) is 0.772. The van der Waals surface area contributed by atoms with Gasteiger partial charge in [0.25, 0.3) is 5.91 Å². The standard InChI is InChI=1S/C24H36N2O/c1-16-10-9-13-22(18(16)3)25-23-19(4)20(5)24(27)26(23)17(2)14-15-21-11-7-6-8-12-21/h6-8,11-12,16-18,22-23,25H,9-10,13-15H2,1-5H3/t16-,17-,18-,22+,23+/m0/s1. The van der Waals surface area contributed by atoms with E-state index in [0.717, 1.165) is 24.3 Å². The molecule has 3 rings (SSSR count). The maximum absolute atomic E-state index is 13.0. The van der Waals surface area contributed by atoms with Crippen molar-refractivity contribution < 1.29 is 4.79 Å². The first kappa shape index (κ1) is 20.1. The smallest absolute Gasteiger partial charge is 0.251 e. The van der Waals surface area contributed by atoms with Crippen LogP contribution in [0.1, 0.15) is 65.9 Å². The van der Waals surface area contributed by atoms with Crippen molar-refractivity contribution in [2.24, 2.45) is 11.8 Å². The van der Waals surface area contributed by atoms with Gasteiger partial charge in [-0.05, 0) is 63.0 Å². The van der Waals surface area contributed by atoms with Crippen LogP contribution >= 0.6 is 0 Å². The van der Waals surface area contributed by atoms with Gasteiger partial charge in [0, 0.05) is 17.7 Å². The van der Waals surface area contributed by atoms with E-state index in [1.165, 1.54) is 30.4 Å². The molecule has 0 aromatic heterocycles. The molecule has 2 aliphatic rings. The first-order valence-corrected chi connectivity index (χ1v) is 10.7. The van der Waals surface area contributed by atoms with Crippen molar-refractivity contribution in [2.45, 2.75) is 85.0 Å². The number of carbonyl (C=O) groups is 1. The number of amides is 1. The second kappa shape index (κ2) is 8.60. The molecule has 0 saturated heterocycles. The van der Waals surface area contributed by atoms with E-state index in [9.17, 15) is 4.79 Å². The molecular formula is C24H36N2O. The van der Waals surface area contributed by atoms with Crippen LogP contribution in [-0.4, -0.2) is 29.1 Å². The fourth-order valence-electron chi connectivity index (χ4n) is 4.73. The summed E-state index contributed by atoms with van der Waals surface area (Å²) in [5.74, 6) is 1.62. The van der Waals surface area contributed by atoms with Crippen LogP contribution in [0.15, 0.2) is 41.5 Å². The molecule has 0 spiro atoms. The molecule has 1 aromatic carbocycles. The second-order valence-corrected chi connectivity index (χ2v) is 8.84. The zero-order valence-corrected chi connectivity index (χ0v) is 17.7. The van der Waals surface area contributed by atoms with Crippen molar-refractivity contribution in [1.29, 1.82) is 0 Å². The molecule has 1 aliphatic carbocycles. The van der Waals surface area contributed by atoms with E-state index < -0.39 is 0 Å². The highest BCUT2D eigenvalue weighted by molar-refractivity contribution is 5.97. The largest absolute Gasteiger partial charge is 0.317 e. The van der Waals surface area contributed by atoms with Crippen LogP contribution < -0.4 is 5.32 Å². The van der Waals surface area contributed by atoms with Crippen LogP contribution in [0.3, 0.4) is 0 Å². The summed E-state index contributed by atoms with van der Waals surface area (Å²) in [6.45, 7) is 11.1. The fourth-order valence-corrected chi connectivity index (χ4v) is 4.73. The van der Waals surface area contributed by atoms with Crippen LogP contribution in [-0.2, 0) is 11.2 Å². The minimum atomic E-state index is 0.0565. The Morgan fingerprint density at radius 1 is 1.15 bits per heavy atom. The summed E-state index contributed by atoms with van der Waals surface area (Å²) in [5.41, 5.74) is 3.48. The molecule has 1 aromatic rings. The lowest BCUT2D eigenvalue weighted by atomic mass is 9.78. The van der Waals surface area contributed by atoms with Gasteiger partial charge in [-0.25, -0.2) is 0 Å². The molecule has 0 bridgehead atoms. The molecule has 1 N–H and O–H groups in total. The molecule has 1 heterocycles. The van der Waals surface area contributed by atoms with Crippen molar-refractivity contribution in [3.8, 4) is 0 Å². The highest BCUT2D eigenvalue weighted by Crippen LogP contribution is 2.33. The normalized spacial score (nSPS) is 30.1. The molecule has 0 unspecified atom stereocenters. The lowest BCUT2D eigenvalue weighted by Gasteiger charge is -2.40. The molecule has 1 saturated carbocycles. The van der Waals surface area contributed by atoms with Crippen molar-refractivity contribution in [3.05, 3.63) is 47.0 Å². The number of nitrogens with one attached hydrogen (secondary N) is 1. The van der Waals surface area contributed by atoms with Gasteiger partial charge >= 0.3 is 0 Å². The van der Waals surface area contributed by atoms with Gasteiger partial charge in [0.1, 0.15) is 6.17 Å². The maximum atomic E-state index is 13.0. The Balaban J connectivity index is 1.70. The Bertz CT molecular complexity index is 681. The fraction of sp³-hybridized carbons (Fsp3) is 0.625. The lowest BCUT2D eigenvalue weighted by molar-refractivity contribution is -0.130. The number of hydrogen-bond acceptors (Lipinski definition) is 2. The summed E-state index contributed by atoms with van der Waals surface area (Å²) in [5, 5.41) is 3.88. The van der Waals surface area contributed by atoms with Crippen LogP contribution in [0.2, 0.25) is 0 Å². The molecule has 1 aliphatic heterocycles. The van der Waals surface area contributed by atoms with Crippen LogP contribution in [0.5, 0.6) is 0 Å². The van der Waals surface area contributed by atoms with Crippen molar-refractivity contribution >= 4 is 5.91 Å². The summed E-state index contributed by atoms with van der Waals surface area (Å²) >= 11 is 0. The van der Waals surface area contributed by atoms with Crippen LogP contribution in [0.4, 0.5) is 0 Å². The van der Waals surface area contributed by atoms with Gasteiger partial charge < -0.3 is 4.90 Å². The lowest BCUT2D eigenvalue weighted by Crippen LogP contribution is -2.55. The highest BCUT2D eigenvalue weighted by atomic mass is 16.2. The number of aryl methyl sites for hydroxylation is 1. The average Bonchev–Trinajstić information content (AvgIpc) is 2.88. The molecular weight excluding hydrogens is 332 g/mol. The Morgan fingerprint density at radius 2 is 1.85 bits per heavy atom. The van der Waals surface area contributed by atoms with E-state index in [-0.39, 0.29) is 18.1 Å². The predicted octanol–water partition coefficient (Wildman–Crippen LogP) is 4.93. The van der Waals surface area contributed by atoms with E-state index in [2.05, 4.69) is 68.2 Å². The zero-order valence-electron chi connectivity index (χ0n) is 17.7. The molecule has 3 heteroatoms. The number of nitrogens with zero attached hydrogens (tertiary/aromatic N) is 1. The highest BCUT2D eigenvalue weighted by Gasteiger charge is 2.40. The molecule has 3 nitrogen and oxygen atoms in total. The second-order valence-electron chi connectivity index (χ2n) is 8.84. The van der Waals surface area contributed by atoms with Gasteiger partial charge in [0.2, 0.25) is 0 Å². The summed E-state index contributed by atoms with van der Waals surface area (Å²) < 4.78 is 0. The van der Waals surface area contributed by atoms with E-state index in [1.807, 2.05) is 6.92 Å². The third-order valence-electron chi connectivity index (χ3n) is 7.08. The Kier molecular flexibility index (Phi) is 6.41. The van der Waals surface area contributed by atoms with Crippen molar-refractivity contribution in [2.75, 3.05) is 0 Å². The predicted molar refractivity (Wildman–Crippen MR) is 112 cm³/mol. The molecule has 1 fully saturated rings. The van der Waals surface area contributed by atoms with Gasteiger partial charge in [-0.3, -0.25) is 10.1 Å². The Morgan fingerprint density at radius 3 is 2.56 bits per heavy atom. The van der Waals surface area contributed by atoms with Gasteiger partial charge in [-0.1, -0.05) is 57.0 Å². The molecule has 148 valence electrons. The third kappa shape index (κ3) is 4.29. The van der Waals surface area contributed by atoms with Crippen LogP contribution in [0, 0.1) is 11.8 Å². The van der Waals surface area contributed by atoms with Crippen molar-refractivity contribution in [3.63, 3.8) is 0 Å². The molecule has 1 amide bonds. The number of carbonyl (C=O) groups excluding carboxylic acids is 1.